The molecule has 2 heteroatoms. The van der Waals surface area contributed by atoms with Crippen LogP contribution in [0.2, 0.25) is 0 Å². The molecule has 1 heterocycles. The molecule has 0 aliphatic carbocycles. The van der Waals surface area contributed by atoms with E-state index in [1.165, 1.54) is 0 Å². The number of rotatable bonds is 10. The maximum absolute atomic E-state index is 4.02. The van der Waals surface area contributed by atoms with Crippen LogP contribution >= 0.6 is 11.3 Å². The van der Waals surface area contributed by atoms with E-state index >= 15 is 0 Å². The van der Waals surface area contributed by atoms with Gasteiger partial charge in [0.1, 0.15) is 0 Å². The second kappa shape index (κ2) is 11.4. The SMILES string of the molecule is C=C/C=C\C(=C/C=C)N(/C(C=C)=C/C=C)c1cccc2c(=C/C=C)/c(=C\C=C)sc12. The summed E-state index contributed by atoms with van der Waals surface area (Å²) in [5, 5.41) is 2.29. The van der Waals surface area contributed by atoms with Crippen molar-refractivity contribution in [3.63, 3.8) is 0 Å². The first-order valence-electron chi connectivity index (χ1n) is 9.50. The number of anilines is 1. The highest BCUT2D eigenvalue weighted by atomic mass is 32.1. The number of thiophene rings is 1. The van der Waals surface area contributed by atoms with Gasteiger partial charge in [-0.05, 0) is 36.4 Å². The molecule has 0 spiro atoms. The van der Waals surface area contributed by atoms with Gasteiger partial charge in [0.2, 0.25) is 0 Å². The highest BCUT2D eigenvalue weighted by Gasteiger charge is 2.17. The lowest BCUT2D eigenvalue weighted by Gasteiger charge is -2.27. The maximum Gasteiger partial charge on any atom is 0.0640 e. The topological polar surface area (TPSA) is 3.24 Å². The first-order valence-corrected chi connectivity index (χ1v) is 10.3. The van der Waals surface area contributed by atoms with Crippen LogP contribution < -0.4 is 14.7 Å². The van der Waals surface area contributed by atoms with Crippen molar-refractivity contribution in [1.29, 1.82) is 0 Å². The Labute approximate surface area is 183 Å². The van der Waals surface area contributed by atoms with Crippen LogP contribution in [0.1, 0.15) is 0 Å². The highest BCUT2D eigenvalue weighted by molar-refractivity contribution is 7.17. The summed E-state index contributed by atoms with van der Waals surface area (Å²) in [4.78, 5) is 2.14. The summed E-state index contributed by atoms with van der Waals surface area (Å²) in [5.41, 5.74) is 2.87. The van der Waals surface area contributed by atoms with Crippen LogP contribution in [0.5, 0.6) is 0 Å². The molecule has 0 radical (unpaired) electrons. The Morgan fingerprint density at radius 3 is 2.10 bits per heavy atom. The Morgan fingerprint density at radius 2 is 1.50 bits per heavy atom. The highest BCUT2D eigenvalue weighted by Crippen LogP contribution is 2.34. The molecule has 0 saturated carbocycles. The van der Waals surface area contributed by atoms with E-state index in [4.69, 9.17) is 0 Å². The van der Waals surface area contributed by atoms with Crippen molar-refractivity contribution in [2.24, 2.45) is 0 Å². The second-order valence-corrected chi connectivity index (χ2v) is 7.18. The molecule has 2 rings (SSSR count). The molecule has 1 aromatic heterocycles. The van der Waals surface area contributed by atoms with Gasteiger partial charge in [-0.3, -0.25) is 0 Å². The Hall–Kier alpha value is -3.62. The average Bonchev–Trinajstić information content (AvgIpc) is 3.10. The summed E-state index contributed by atoms with van der Waals surface area (Å²) in [6.45, 7) is 23.3. The van der Waals surface area contributed by atoms with Crippen LogP contribution in [0.3, 0.4) is 0 Å². The van der Waals surface area contributed by atoms with Crippen molar-refractivity contribution in [1.82, 2.24) is 0 Å². The Kier molecular flexibility index (Phi) is 8.61. The molecule has 0 aliphatic rings. The Balaban J connectivity index is 3.01. The molecule has 0 fully saturated rings. The summed E-state index contributed by atoms with van der Waals surface area (Å²) in [7, 11) is 0. The van der Waals surface area contributed by atoms with E-state index < -0.39 is 0 Å². The van der Waals surface area contributed by atoms with Crippen molar-refractivity contribution in [2.45, 2.75) is 0 Å². The van der Waals surface area contributed by atoms with Crippen LogP contribution in [0.25, 0.3) is 22.2 Å². The van der Waals surface area contributed by atoms with Crippen molar-refractivity contribution in [3.8, 4) is 0 Å². The predicted octanol–water partition coefficient (Wildman–Crippen LogP) is 6.71. The third-order valence-corrected chi connectivity index (χ3v) is 5.47. The zero-order valence-electron chi connectivity index (χ0n) is 17.3. The minimum Gasteiger partial charge on any atom is -0.309 e. The lowest BCUT2D eigenvalue weighted by Crippen LogP contribution is -2.20. The molecule has 2 aromatic rings. The van der Waals surface area contributed by atoms with Crippen LogP contribution in [-0.4, -0.2) is 0 Å². The van der Waals surface area contributed by atoms with Gasteiger partial charge >= 0.3 is 0 Å². The van der Waals surface area contributed by atoms with Crippen molar-refractivity contribution in [3.05, 3.63) is 140 Å². The van der Waals surface area contributed by atoms with E-state index in [1.807, 2.05) is 54.7 Å². The molecule has 0 saturated heterocycles. The summed E-state index contributed by atoms with van der Waals surface area (Å²) in [6.07, 6.45) is 22.6. The van der Waals surface area contributed by atoms with Gasteiger partial charge in [-0.15, -0.1) is 11.3 Å². The minimum atomic E-state index is 0.899. The zero-order chi connectivity index (χ0) is 21.9. The van der Waals surface area contributed by atoms with Gasteiger partial charge < -0.3 is 4.90 Å². The normalized spacial score (nSPS) is 13.5. The minimum absolute atomic E-state index is 0.899. The van der Waals surface area contributed by atoms with E-state index in [0.29, 0.717) is 0 Å². The summed E-state index contributed by atoms with van der Waals surface area (Å²) in [6, 6.07) is 6.30. The smallest absolute Gasteiger partial charge is 0.0640 e. The van der Waals surface area contributed by atoms with Crippen LogP contribution in [0, 0.1) is 0 Å². The van der Waals surface area contributed by atoms with Crippen molar-refractivity contribution >= 4 is 39.3 Å². The second-order valence-electron chi connectivity index (χ2n) is 6.13. The molecule has 0 N–H and O–H groups in total. The standard InChI is InChI=1S/C28H27NS/c1-7-13-19-23(16-9-3)29(22(12-6)15-8-2)26-21-14-20-25-24(17-10-4)27(18-11-5)30-28(25)26/h7-21H,1-6H2/b19-13-,22-15+,23-16+,24-17-,27-18+. The van der Waals surface area contributed by atoms with E-state index in [1.54, 1.807) is 29.6 Å². The number of hydrogen-bond acceptors (Lipinski definition) is 2. The quantitative estimate of drug-likeness (QED) is 0.394. The first-order chi connectivity index (χ1) is 14.7. The molecule has 0 aliphatic heterocycles. The van der Waals surface area contributed by atoms with E-state index in [9.17, 15) is 0 Å². The largest absolute Gasteiger partial charge is 0.309 e. The molecule has 1 aromatic carbocycles. The van der Waals surface area contributed by atoms with Gasteiger partial charge in [0, 0.05) is 26.5 Å². The Bertz CT molecular complexity index is 1200. The van der Waals surface area contributed by atoms with Gasteiger partial charge in [0.05, 0.1) is 10.4 Å². The molecule has 0 bridgehead atoms. The molecule has 1 nitrogen and oxygen atoms in total. The van der Waals surface area contributed by atoms with Gasteiger partial charge in [-0.1, -0.05) is 94.1 Å². The summed E-state index contributed by atoms with van der Waals surface area (Å²) < 4.78 is 2.29. The molecule has 0 atom stereocenters. The van der Waals surface area contributed by atoms with Crippen LogP contribution in [0.4, 0.5) is 5.69 Å². The summed E-state index contributed by atoms with van der Waals surface area (Å²) in [5.74, 6) is 0. The molecular formula is C28H27NS. The molecule has 150 valence electrons. The number of fused-ring (bicyclic) bond motifs is 1. The van der Waals surface area contributed by atoms with E-state index in [2.05, 4.69) is 62.6 Å². The monoisotopic (exact) mass is 409 g/mol. The van der Waals surface area contributed by atoms with Gasteiger partial charge in [0.15, 0.2) is 0 Å². The fourth-order valence-electron chi connectivity index (χ4n) is 3.11. The summed E-state index contributed by atoms with van der Waals surface area (Å²) >= 11 is 1.72. The molecule has 0 unspecified atom stereocenters. The zero-order valence-corrected chi connectivity index (χ0v) is 18.1. The first kappa shape index (κ1) is 22.7. The fraction of sp³-hybridized carbons (Fsp3) is 0. The van der Waals surface area contributed by atoms with Gasteiger partial charge in [-0.25, -0.2) is 0 Å². The van der Waals surface area contributed by atoms with Crippen LogP contribution in [-0.2, 0) is 0 Å². The Morgan fingerprint density at radius 1 is 0.800 bits per heavy atom. The lowest BCUT2D eigenvalue weighted by atomic mass is 10.1. The predicted molar refractivity (Wildman–Crippen MR) is 139 cm³/mol. The van der Waals surface area contributed by atoms with Gasteiger partial charge in [-0.2, -0.15) is 0 Å². The third kappa shape index (κ3) is 4.86. The maximum atomic E-state index is 4.02. The van der Waals surface area contributed by atoms with E-state index in [-0.39, 0.29) is 0 Å². The van der Waals surface area contributed by atoms with E-state index in [0.717, 1.165) is 36.9 Å². The number of nitrogens with zero attached hydrogens (tertiary/aromatic N) is 1. The molecule has 30 heavy (non-hydrogen) atoms. The third-order valence-electron chi connectivity index (χ3n) is 4.26. The number of benzene rings is 1. The van der Waals surface area contributed by atoms with Gasteiger partial charge in [0.25, 0.3) is 0 Å². The lowest BCUT2D eigenvalue weighted by molar-refractivity contribution is 1.15. The van der Waals surface area contributed by atoms with Crippen molar-refractivity contribution in [2.75, 3.05) is 4.90 Å². The number of allylic oxidation sites excluding steroid dienone is 10. The molecule has 0 amide bonds. The van der Waals surface area contributed by atoms with Crippen LogP contribution in [0.15, 0.2) is 130 Å². The average molecular weight is 410 g/mol. The molecular weight excluding hydrogens is 382 g/mol. The van der Waals surface area contributed by atoms with Crippen molar-refractivity contribution < 1.29 is 0 Å². The number of hydrogen-bond donors (Lipinski definition) is 0. The fourth-order valence-corrected chi connectivity index (χ4v) is 4.34.